The molecule has 0 spiro atoms. The van der Waals surface area contributed by atoms with E-state index in [9.17, 15) is 4.79 Å². The van der Waals surface area contributed by atoms with E-state index in [1.165, 1.54) is 17.1 Å². The number of amides is 1. The number of carbonyl (C=O) groups excluding carboxylic acids is 1. The van der Waals surface area contributed by atoms with E-state index in [4.69, 9.17) is 4.42 Å². The molecular formula is C22H24N5O2S+. The highest BCUT2D eigenvalue weighted by molar-refractivity contribution is 7.99. The zero-order valence-electron chi connectivity index (χ0n) is 16.9. The van der Waals surface area contributed by atoms with Crippen molar-refractivity contribution in [2.24, 2.45) is 0 Å². The molecule has 0 fully saturated rings. The lowest BCUT2D eigenvalue weighted by Gasteiger charge is -2.08. The van der Waals surface area contributed by atoms with Crippen LogP contribution in [0.25, 0.3) is 10.9 Å². The lowest BCUT2D eigenvalue weighted by Crippen LogP contribution is -2.54. The molecular weight excluding hydrogens is 398 g/mol. The number of nitrogens with zero attached hydrogens (tertiary/aromatic N) is 2. The summed E-state index contributed by atoms with van der Waals surface area (Å²) in [5.74, 6) is 0.551. The van der Waals surface area contributed by atoms with Crippen LogP contribution in [-0.2, 0) is 11.2 Å². The van der Waals surface area contributed by atoms with Crippen LogP contribution in [0.1, 0.15) is 28.6 Å². The molecule has 0 aliphatic heterocycles. The number of aryl methyl sites for hydroxylation is 2. The van der Waals surface area contributed by atoms with Gasteiger partial charge in [0.25, 0.3) is 11.1 Å². The fourth-order valence-corrected chi connectivity index (χ4v) is 3.85. The second-order valence-corrected chi connectivity index (χ2v) is 8.25. The normalized spacial score (nSPS) is 12.2. The van der Waals surface area contributed by atoms with Gasteiger partial charge in [0.05, 0.1) is 5.75 Å². The summed E-state index contributed by atoms with van der Waals surface area (Å²) in [4.78, 5) is 15.6. The molecule has 0 bridgehead atoms. The van der Waals surface area contributed by atoms with Crippen LogP contribution in [0.4, 0.5) is 5.69 Å². The van der Waals surface area contributed by atoms with E-state index < -0.39 is 0 Å². The molecule has 2 aromatic heterocycles. The van der Waals surface area contributed by atoms with E-state index >= 15 is 0 Å². The third-order valence-electron chi connectivity index (χ3n) is 4.91. The number of benzene rings is 2. The fraction of sp³-hybridized carbons (Fsp3) is 0.227. The Balaban J connectivity index is 1.34. The smallest absolute Gasteiger partial charge is 0.277 e. The SMILES string of the molecule is Cc1ccc(C)c(NC(=O)CSc2nnc([C@@H]([NH3+])Cc3c[nH]c4ccccc34)o2)c1. The first-order chi connectivity index (χ1) is 14.5. The van der Waals surface area contributed by atoms with Crippen LogP contribution in [0.2, 0.25) is 0 Å². The highest BCUT2D eigenvalue weighted by Gasteiger charge is 2.20. The van der Waals surface area contributed by atoms with Crippen LogP contribution in [0, 0.1) is 13.8 Å². The second kappa shape index (κ2) is 8.73. The van der Waals surface area contributed by atoms with Gasteiger partial charge in [0.1, 0.15) is 0 Å². The van der Waals surface area contributed by atoms with E-state index in [2.05, 4.69) is 32.3 Å². The minimum atomic E-state index is -0.171. The Kier molecular flexibility index (Phi) is 5.87. The molecule has 5 N–H and O–H groups in total. The van der Waals surface area contributed by atoms with Crippen LogP contribution in [0.5, 0.6) is 0 Å². The van der Waals surface area contributed by atoms with E-state index in [1.807, 2.05) is 56.4 Å². The molecule has 8 heteroatoms. The number of thioether (sulfide) groups is 1. The molecule has 0 saturated carbocycles. The van der Waals surface area contributed by atoms with Gasteiger partial charge < -0.3 is 20.5 Å². The lowest BCUT2D eigenvalue weighted by atomic mass is 10.1. The molecule has 0 radical (unpaired) electrons. The van der Waals surface area contributed by atoms with Crippen molar-refractivity contribution >= 4 is 34.3 Å². The van der Waals surface area contributed by atoms with Crippen LogP contribution in [-0.4, -0.2) is 26.8 Å². The summed E-state index contributed by atoms with van der Waals surface area (Å²) in [6.45, 7) is 3.96. The van der Waals surface area contributed by atoms with Crippen LogP contribution < -0.4 is 11.1 Å². The van der Waals surface area contributed by atoms with E-state index in [1.54, 1.807) is 0 Å². The Morgan fingerprint density at radius 1 is 1.23 bits per heavy atom. The maximum absolute atomic E-state index is 12.3. The summed E-state index contributed by atoms with van der Waals surface area (Å²) >= 11 is 1.22. The summed E-state index contributed by atoms with van der Waals surface area (Å²) in [6.07, 6.45) is 2.68. The minimum Gasteiger partial charge on any atom is -0.410 e. The van der Waals surface area contributed by atoms with E-state index in [-0.39, 0.29) is 17.7 Å². The van der Waals surface area contributed by atoms with Gasteiger partial charge in [0, 0.05) is 29.2 Å². The van der Waals surface area contributed by atoms with Crippen LogP contribution in [0.3, 0.4) is 0 Å². The first kappa shape index (κ1) is 20.2. The van der Waals surface area contributed by atoms with Crippen molar-refractivity contribution in [3.8, 4) is 0 Å². The average Bonchev–Trinajstić information content (AvgIpc) is 3.37. The average molecular weight is 423 g/mol. The Morgan fingerprint density at radius 2 is 2.07 bits per heavy atom. The zero-order chi connectivity index (χ0) is 21.1. The van der Waals surface area contributed by atoms with E-state index in [0.29, 0.717) is 17.5 Å². The molecule has 1 amide bonds. The van der Waals surface area contributed by atoms with Crippen LogP contribution in [0.15, 0.2) is 58.3 Å². The number of anilines is 1. The number of H-pyrrole nitrogens is 1. The van der Waals surface area contributed by atoms with Gasteiger partial charge in [-0.1, -0.05) is 42.1 Å². The third kappa shape index (κ3) is 4.55. The maximum Gasteiger partial charge on any atom is 0.277 e. The predicted molar refractivity (Wildman–Crippen MR) is 117 cm³/mol. The van der Waals surface area contributed by atoms with Gasteiger partial charge >= 0.3 is 0 Å². The second-order valence-electron chi connectivity index (χ2n) is 7.32. The van der Waals surface area contributed by atoms with Gasteiger partial charge in [-0.05, 0) is 42.7 Å². The molecule has 2 aromatic carbocycles. The maximum atomic E-state index is 12.3. The third-order valence-corrected chi connectivity index (χ3v) is 5.72. The molecule has 7 nitrogen and oxygen atoms in total. The van der Waals surface area contributed by atoms with Crippen molar-refractivity contribution < 1.29 is 14.9 Å². The standard InChI is InChI=1S/C22H23N5O2S/c1-13-7-8-14(2)19(9-13)25-20(28)12-30-22-27-26-21(29-22)17(23)10-15-11-24-18-6-4-3-5-16(15)18/h3-9,11,17,24H,10,12,23H2,1-2H3,(H,25,28)/p+1/t17-/m0/s1. The summed E-state index contributed by atoms with van der Waals surface area (Å²) in [5.41, 5.74) is 9.37. The van der Waals surface area contributed by atoms with E-state index in [0.717, 1.165) is 27.9 Å². The molecule has 4 rings (SSSR count). The predicted octanol–water partition coefficient (Wildman–Crippen LogP) is 3.42. The van der Waals surface area contributed by atoms with Gasteiger partial charge in [-0.15, -0.1) is 10.2 Å². The number of aromatic nitrogens is 3. The molecule has 30 heavy (non-hydrogen) atoms. The summed E-state index contributed by atoms with van der Waals surface area (Å²) in [7, 11) is 0. The molecule has 0 aliphatic carbocycles. The van der Waals surface area contributed by atoms with Crippen molar-refractivity contribution in [1.82, 2.24) is 15.2 Å². The largest absolute Gasteiger partial charge is 0.410 e. The Morgan fingerprint density at radius 3 is 2.93 bits per heavy atom. The molecule has 0 unspecified atom stereocenters. The van der Waals surface area contributed by atoms with Gasteiger partial charge in [-0.25, -0.2) is 0 Å². The summed E-state index contributed by atoms with van der Waals surface area (Å²) in [5, 5.41) is 12.7. The summed E-state index contributed by atoms with van der Waals surface area (Å²) in [6, 6.07) is 13.9. The number of hydrogen-bond donors (Lipinski definition) is 3. The van der Waals surface area contributed by atoms with Crippen molar-refractivity contribution in [2.45, 2.75) is 31.5 Å². The first-order valence-corrected chi connectivity index (χ1v) is 10.7. The molecule has 4 aromatic rings. The lowest BCUT2D eigenvalue weighted by molar-refractivity contribution is -0.431. The molecule has 2 heterocycles. The summed E-state index contributed by atoms with van der Waals surface area (Å²) < 4.78 is 5.74. The molecule has 1 atom stereocenters. The number of quaternary nitrogens is 1. The highest BCUT2D eigenvalue weighted by Crippen LogP contribution is 2.24. The molecule has 0 saturated heterocycles. The van der Waals surface area contributed by atoms with Gasteiger partial charge in [-0.2, -0.15) is 0 Å². The monoisotopic (exact) mass is 422 g/mol. The molecule has 0 aliphatic rings. The molecule has 154 valence electrons. The Bertz CT molecular complexity index is 1180. The number of carbonyl (C=O) groups is 1. The number of nitrogens with one attached hydrogen (secondary N) is 2. The fourth-order valence-electron chi connectivity index (χ4n) is 3.28. The number of rotatable bonds is 7. The number of para-hydroxylation sites is 1. The van der Waals surface area contributed by atoms with Crippen molar-refractivity contribution in [1.29, 1.82) is 0 Å². The Hall–Kier alpha value is -3.10. The van der Waals surface area contributed by atoms with Crippen molar-refractivity contribution in [2.75, 3.05) is 11.1 Å². The minimum absolute atomic E-state index is 0.113. The Labute approximate surface area is 178 Å². The van der Waals surface area contributed by atoms with Crippen LogP contribution >= 0.6 is 11.8 Å². The van der Waals surface area contributed by atoms with Crippen molar-refractivity contribution in [3.63, 3.8) is 0 Å². The van der Waals surface area contributed by atoms with Crippen molar-refractivity contribution in [3.05, 3.63) is 71.2 Å². The van der Waals surface area contributed by atoms with Gasteiger partial charge in [0.2, 0.25) is 5.91 Å². The van der Waals surface area contributed by atoms with Gasteiger partial charge in [0.15, 0.2) is 6.04 Å². The zero-order valence-corrected chi connectivity index (χ0v) is 17.8. The first-order valence-electron chi connectivity index (χ1n) is 9.71. The highest BCUT2D eigenvalue weighted by atomic mass is 32.2. The quantitative estimate of drug-likeness (QED) is 0.395. The number of aromatic amines is 1. The topological polar surface area (TPSA) is 111 Å². The number of fused-ring (bicyclic) bond motifs is 1. The van der Waals surface area contributed by atoms with Gasteiger partial charge in [-0.3, -0.25) is 4.79 Å². The number of hydrogen-bond acceptors (Lipinski definition) is 5.